The van der Waals surface area contributed by atoms with Crippen molar-refractivity contribution in [2.24, 2.45) is 18.7 Å². The minimum Gasteiger partial charge on any atom is -0.497 e. The second kappa shape index (κ2) is 13.5. The molecule has 0 spiro atoms. The number of piperazine rings is 1. The van der Waals surface area contributed by atoms with Crippen LogP contribution in [0, 0.1) is 5.92 Å². The molecule has 2 aliphatic heterocycles. The van der Waals surface area contributed by atoms with E-state index < -0.39 is 12.1 Å². The van der Waals surface area contributed by atoms with Crippen molar-refractivity contribution in [3.8, 4) is 5.75 Å². The fraction of sp³-hybridized carbons (Fsp3) is 0.516. The van der Waals surface area contributed by atoms with Crippen LogP contribution in [0.15, 0.2) is 42.5 Å². The summed E-state index contributed by atoms with van der Waals surface area (Å²) in [6.07, 6.45) is 1.68. The summed E-state index contributed by atoms with van der Waals surface area (Å²) < 4.78 is 6.97. The Morgan fingerprint density at radius 2 is 1.91 bits per heavy atom. The van der Waals surface area contributed by atoms with E-state index >= 15 is 0 Å². The van der Waals surface area contributed by atoms with Gasteiger partial charge in [-0.3, -0.25) is 14.4 Å². The number of nitrogens with zero attached hydrogens (tertiary/aromatic N) is 5. The summed E-state index contributed by atoms with van der Waals surface area (Å²) in [4.78, 5) is 43.6. The number of nitrogens with one attached hydrogen (secondary N) is 2. The highest BCUT2D eigenvalue weighted by molar-refractivity contribution is 5.91. The molecule has 12 nitrogen and oxygen atoms in total. The Hall–Kier alpha value is -4.03. The molecular formula is C31H42N8O4. The molecule has 2 fully saturated rings. The molecule has 5 rings (SSSR count). The van der Waals surface area contributed by atoms with Crippen molar-refractivity contribution in [1.29, 1.82) is 0 Å². The summed E-state index contributed by atoms with van der Waals surface area (Å²) in [5, 5.41) is 14.5. The first-order valence-corrected chi connectivity index (χ1v) is 15.0. The van der Waals surface area contributed by atoms with Gasteiger partial charge in [0.25, 0.3) is 0 Å². The second-order valence-corrected chi connectivity index (χ2v) is 11.7. The zero-order valence-electron chi connectivity index (χ0n) is 25.2. The molecule has 0 bridgehead atoms. The maximum Gasteiger partial charge on any atom is 0.243 e. The van der Waals surface area contributed by atoms with Gasteiger partial charge in [-0.05, 0) is 67.5 Å². The average molecular weight is 591 g/mol. The quantitative estimate of drug-likeness (QED) is 0.317. The molecule has 4 N–H and O–H groups in total. The lowest BCUT2D eigenvalue weighted by molar-refractivity contribution is -0.140. The number of hydrogen-bond donors (Lipinski definition) is 3. The molecule has 2 saturated heterocycles. The van der Waals surface area contributed by atoms with Gasteiger partial charge in [-0.1, -0.05) is 23.4 Å². The fourth-order valence-electron chi connectivity index (χ4n) is 6.13. The van der Waals surface area contributed by atoms with E-state index in [0.29, 0.717) is 26.1 Å². The van der Waals surface area contributed by atoms with Crippen LogP contribution in [0.3, 0.4) is 0 Å². The van der Waals surface area contributed by atoms with Crippen molar-refractivity contribution in [2.75, 3.05) is 33.3 Å². The molecule has 12 heteroatoms. The molecule has 3 aromatic rings. The van der Waals surface area contributed by atoms with E-state index in [1.54, 1.807) is 16.7 Å². The Morgan fingerprint density at radius 1 is 1.14 bits per heavy atom. The summed E-state index contributed by atoms with van der Waals surface area (Å²) in [5.74, 6) is 0.354. The number of aryl methyl sites for hydroxylation is 1. The number of amides is 3. The Bertz CT molecular complexity index is 1440. The third kappa shape index (κ3) is 7.14. The van der Waals surface area contributed by atoms with Crippen LogP contribution in [0.25, 0.3) is 11.0 Å². The molecule has 2 aromatic carbocycles. The van der Waals surface area contributed by atoms with Crippen molar-refractivity contribution in [1.82, 2.24) is 35.4 Å². The lowest BCUT2D eigenvalue weighted by atomic mass is 9.96. The molecule has 43 heavy (non-hydrogen) atoms. The third-order valence-corrected chi connectivity index (χ3v) is 8.61. The SMILES string of the molecule is COc1ccc(C[C@@H]2C[C@@H](C(=O)NCc3ccc4c(c3)nnn4C)N(C(=O)[C@H](N)CCC(=O)N3CCNC[C@@H]3C)C2)cc1. The van der Waals surface area contributed by atoms with E-state index in [2.05, 4.69) is 20.9 Å². The zero-order valence-corrected chi connectivity index (χ0v) is 25.2. The number of ether oxygens (including phenoxy) is 1. The van der Waals surface area contributed by atoms with Crippen LogP contribution in [0.4, 0.5) is 0 Å². The monoisotopic (exact) mass is 590 g/mol. The van der Waals surface area contributed by atoms with Gasteiger partial charge < -0.3 is 30.9 Å². The van der Waals surface area contributed by atoms with Gasteiger partial charge in [0, 0.05) is 52.2 Å². The third-order valence-electron chi connectivity index (χ3n) is 8.61. The summed E-state index contributed by atoms with van der Waals surface area (Å²) in [6, 6.07) is 12.2. The average Bonchev–Trinajstić information content (AvgIpc) is 3.61. The van der Waals surface area contributed by atoms with E-state index in [1.807, 2.05) is 61.3 Å². The van der Waals surface area contributed by atoms with Gasteiger partial charge in [0.15, 0.2) is 0 Å². The highest BCUT2D eigenvalue weighted by Gasteiger charge is 2.41. The van der Waals surface area contributed by atoms with Crippen molar-refractivity contribution >= 4 is 28.8 Å². The van der Waals surface area contributed by atoms with Gasteiger partial charge >= 0.3 is 0 Å². The molecule has 0 aliphatic carbocycles. The Morgan fingerprint density at radius 3 is 2.65 bits per heavy atom. The molecule has 0 radical (unpaired) electrons. The topological polar surface area (TPSA) is 148 Å². The van der Waals surface area contributed by atoms with Gasteiger partial charge in [0.05, 0.1) is 18.7 Å². The Labute approximate surface area is 251 Å². The predicted molar refractivity (Wildman–Crippen MR) is 162 cm³/mol. The fourth-order valence-corrected chi connectivity index (χ4v) is 6.13. The van der Waals surface area contributed by atoms with Crippen LogP contribution in [0.1, 0.15) is 37.3 Å². The van der Waals surface area contributed by atoms with Crippen LogP contribution in [0.5, 0.6) is 5.75 Å². The largest absolute Gasteiger partial charge is 0.497 e. The lowest BCUT2D eigenvalue weighted by Crippen LogP contribution is -2.53. The minimum atomic E-state index is -0.865. The highest BCUT2D eigenvalue weighted by atomic mass is 16.5. The number of fused-ring (bicyclic) bond motifs is 1. The Kier molecular flexibility index (Phi) is 9.56. The molecule has 3 heterocycles. The number of benzene rings is 2. The summed E-state index contributed by atoms with van der Waals surface area (Å²) >= 11 is 0. The standard InChI is InChI=1S/C31H42N8O4/c1-20-17-33-12-13-38(20)29(40)11-9-25(32)31(42)39-19-23(14-21-4-7-24(43-3)8-5-21)16-28(39)30(41)34-18-22-6-10-27-26(15-22)35-36-37(27)2/h4-8,10,15,20,23,25,28,33H,9,11-14,16-19,32H2,1-3H3,(H,34,41)/t20-,23+,25+,28-/m0/s1. The van der Waals surface area contributed by atoms with Gasteiger partial charge in [0.1, 0.15) is 17.3 Å². The zero-order chi connectivity index (χ0) is 30.5. The maximum absolute atomic E-state index is 13.7. The van der Waals surface area contributed by atoms with Crippen LogP contribution < -0.4 is 21.1 Å². The number of rotatable bonds is 10. The number of methoxy groups -OCH3 is 1. The van der Waals surface area contributed by atoms with E-state index in [4.69, 9.17) is 10.5 Å². The van der Waals surface area contributed by atoms with Gasteiger partial charge in [0.2, 0.25) is 17.7 Å². The minimum absolute atomic E-state index is 0.00502. The van der Waals surface area contributed by atoms with Crippen molar-refractivity contribution in [3.05, 3.63) is 53.6 Å². The Balaban J connectivity index is 1.25. The van der Waals surface area contributed by atoms with Crippen LogP contribution in [-0.2, 0) is 34.4 Å². The summed E-state index contributed by atoms with van der Waals surface area (Å²) in [6.45, 7) is 4.89. The van der Waals surface area contributed by atoms with Crippen LogP contribution in [-0.4, -0.2) is 93.9 Å². The number of likely N-dealkylation sites (tertiary alicyclic amines) is 1. The summed E-state index contributed by atoms with van der Waals surface area (Å²) in [5.41, 5.74) is 10.0. The van der Waals surface area contributed by atoms with Crippen LogP contribution in [0.2, 0.25) is 0 Å². The highest BCUT2D eigenvalue weighted by Crippen LogP contribution is 2.28. The van der Waals surface area contributed by atoms with E-state index in [-0.39, 0.29) is 42.5 Å². The summed E-state index contributed by atoms with van der Waals surface area (Å²) in [7, 11) is 3.46. The van der Waals surface area contributed by atoms with Crippen molar-refractivity contribution in [3.63, 3.8) is 0 Å². The first kappa shape index (κ1) is 30.4. The predicted octanol–water partition coefficient (Wildman–Crippen LogP) is 0.981. The molecule has 1 aromatic heterocycles. The van der Waals surface area contributed by atoms with Crippen LogP contribution >= 0.6 is 0 Å². The molecule has 3 amide bonds. The molecule has 230 valence electrons. The van der Waals surface area contributed by atoms with E-state index in [9.17, 15) is 14.4 Å². The van der Waals surface area contributed by atoms with Gasteiger partial charge in [-0.25, -0.2) is 4.68 Å². The van der Waals surface area contributed by atoms with Gasteiger partial charge in [-0.2, -0.15) is 0 Å². The molecule has 0 saturated carbocycles. The second-order valence-electron chi connectivity index (χ2n) is 11.7. The van der Waals surface area contributed by atoms with E-state index in [1.165, 1.54) is 0 Å². The smallest absolute Gasteiger partial charge is 0.243 e. The number of aromatic nitrogens is 3. The lowest BCUT2D eigenvalue weighted by Gasteiger charge is -2.34. The normalized spacial score (nSPS) is 21.2. The first-order valence-electron chi connectivity index (χ1n) is 15.0. The van der Waals surface area contributed by atoms with Crippen molar-refractivity contribution < 1.29 is 19.1 Å². The first-order chi connectivity index (χ1) is 20.7. The molecular weight excluding hydrogens is 548 g/mol. The molecule has 4 atom stereocenters. The van der Waals surface area contributed by atoms with E-state index in [0.717, 1.165) is 47.4 Å². The van der Waals surface area contributed by atoms with Crippen molar-refractivity contribution in [2.45, 2.75) is 57.3 Å². The molecule has 0 unspecified atom stereocenters. The number of nitrogens with two attached hydrogens (primary N) is 1. The number of carbonyl (C=O) groups is 3. The number of hydrogen-bond acceptors (Lipinski definition) is 8. The molecule has 2 aliphatic rings. The maximum atomic E-state index is 13.7. The van der Waals surface area contributed by atoms with Gasteiger partial charge in [-0.15, -0.1) is 5.10 Å². The number of carbonyl (C=O) groups excluding carboxylic acids is 3.